The van der Waals surface area contributed by atoms with E-state index < -0.39 is 5.97 Å². The molecule has 0 radical (unpaired) electrons. The molecule has 1 aromatic carbocycles. The molecule has 0 saturated carbocycles. The molecule has 7 nitrogen and oxygen atoms in total. The van der Waals surface area contributed by atoms with E-state index in [2.05, 4.69) is 10.5 Å². The molecule has 0 unspecified atom stereocenters. The summed E-state index contributed by atoms with van der Waals surface area (Å²) in [5.74, 6) is -0.713. The number of rotatable bonds is 5. The Morgan fingerprint density at radius 2 is 1.97 bits per heavy atom. The Kier molecular flexibility index (Phi) is 7.54. The fourth-order valence-electron chi connectivity index (χ4n) is 3.01. The number of thiophene rings is 1. The zero-order valence-corrected chi connectivity index (χ0v) is 19.2. The van der Waals surface area contributed by atoms with Gasteiger partial charge in [-0.25, -0.2) is 0 Å². The standard InChI is InChI=1S/C19H20Cl2N4O3S2/c1-11(22-23-19(29)25-6-4-24(5-7-25)9-16(26)27)13-10-30-18(17(13)28)12-2-3-14(20)15(21)8-12/h2-3,8,10,28H,4-7,9H2,1H3,(H,23,29)(H,26,27)/b22-11+. The van der Waals surface area contributed by atoms with Gasteiger partial charge in [-0.15, -0.1) is 11.3 Å². The summed E-state index contributed by atoms with van der Waals surface area (Å²) in [4.78, 5) is 15.3. The molecule has 0 spiro atoms. The average molecular weight is 487 g/mol. The van der Waals surface area contributed by atoms with Gasteiger partial charge in [0, 0.05) is 31.6 Å². The topological polar surface area (TPSA) is 88.4 Å². The Labute approximate surface area is 193 Å². The van der Waals surface area contributed by atoms with Crippen molar-refractivity contribution in [1.82, 2.24) is 15.2 Å². The first-order chi connectivity index (χ1) is 14.3. The number of aliphatic carboxylic acids is 1. The van der Waals surface area contributed by atoms with Gasteiger partial charge in [0.05, 0.1) is 32.7 Å². The van der Waals surface area contributed by atoms with Crippen molar-refractivity contribution in [2.45, 2.75) is 6.92 Å². The number of carboxylic acids is 1. The number of piperazine rings is 1. The first-order valence-electron chi connectivity index (χ1n) is 9.06. The van der Waals surface area contributed by atoms with Crippen LogP contribution in [0.25, 0.3) is 10.4 Å². The molecule has 2 aromatic rings. The van der Waals surface area contributed by atoms with Crippen LogP contribution in [0.2, 0.25) is 10.0 Å². The molecule has 1 saturated heterocycles. The number of aromatic hydroxyl groups is 1. The predicted octanol–water partition coefficient (Wildman–Crippen LogP) is 3.73. The number of hydrazone groups is 1. The highest BCUT2D eigenvalue weighted by Gasteiger charge is 2.20. The number of hydrogen-bond acceptors (Lipinski definition) is 6. The van der Waals surface area contributed by atoms with Gasteiger partial charge in [0.15, 0.2) is 5.11 Å². The third-order valence-corrected chi connectivity index (χ3v) is 6.78. The Morgan fingerprint density at radius 1 is 1.27 bits per heavy atom. The Morgan fingerprint density at radius 3 is 2.60 bits per heavy atom. The highest BCUT2D eigenvalue weighted by Crippen LogP contribution is 2.40. The summed E-state index contributed by atoms with van der Waals surface area (Å²) in [5, 5.41) is 27.0. The smallest absolute Gasteiger partial charge is 0.317 e. The minimum Gasteiger partial charge on any atom is -0.506 e. The molecule has 0 aliphatic carbocycles. The molecule has 11 heteroatoms. The van der Waals surface area contributed by atoms with Crippen molar-refractivity contribution in [3.8, 4) is 16.2 Å². The molecule has 1 aliphatic heterocycles. The maximum Gasteiger partial charge on any atom is 0.317 e. The largest absolute Gasteiger partial charge is 0.506 e. The molecule has 1 fully saturated rings. The van der Waals surface area contributed by atoms with Gasteiger partial charge in [0.25, 0.3) is 0 Å². The molecule has 3 rings (SSSR count). The van der Waals surface area contributed by atoms with Crippen molar-refractivity contribution in [1.29, 1.82) is 0 Å². The zero-order chi connectivity index (χ0) is 21.8. The summed E-state index contributed by atoms with van der Waals surface area (Å²) < 4.78 is 0. The highest BCUT2D eigenvalue weighted by atomic mass is 35.5. The second-order valence-electron chi connectivity index (χ2n) is 6.73. The van der Waals surface area contributed by atoms with E-state index >= 15 is 0 Å². The fourth-order valence-corrected chi connectivity index (χ4v) is 4.54. The number of nitrogens with one attached hydrogen (secondary N) is 1. The third-order valence-electron chi connectivity index (χ3n) is 4.67. The van der Waals surface area contributed by atoms with Crippen LogP contribution in [0.5, 0.6) is 5.75 Å². The molecule has 0 atom stereocenters. The summed E-state index contributed by atoms with van der Waals surface area (Å²) in [6.45, 7) is 4.30. The van der Waals surface area contributed by atoms with Gasteiger partial charge in [0.1, 0.15) is 5.75 Å². The monoisotopic (exact) mass is 486 g/mol. The van der Waals surface area contributed by atoms with Gasteiger partial charge in [-0.05, 0) is 36.8 Å². The maximum atomic E-state index is 10.8. The number of carbonyl (C=O) groups is 1. The Balaban J connectivity index is 1.63. The van der Waals surface area contributed by atoms with E-state index in [1.807, 2.05) is 15.2 Å². The van der Waals surface area contributed by atoms with Crippen LogP contribution in [0.1, 0.15) is 12.5 Å². The number of carboxylic acid groups (broad SMARTS) is 1. The zero-order valence-electron chi connectivity index (χ0n) is 16.1. The second kappa shape index (κ2) is 9.93. The van der Waals surface area contributed by atoms with Gasteiger partial charge >= 0.3 is 5.97 Å². The van der Waals surface area contributed by atoms with Crippen molar-refractivity contribution in [2.75, 3.05) is 32.7 Å². The van der Waals surface area contributed by atoms with Gasteiger partial charge in [-0.2, -0.15) is 5.10 Å². The fraction of sp³-hybridized carbons (Fsp3) is 0.316. The lowest BCUT2D eigenvalue weighted by molar-refractivity contribution is -0.138. The number of benzene rings is 1. The number of nitrogens with zero attached hydrogens (tertiary/aromatic N) is 3. The van der Waals surface area contributed by atoms with Gasteiger partial charge in [-0.1, -0.05) is 29.3 Å². The molecule has 2 heterocycles. The molecule has 30 heavy (non-hydrogen) atoms. The van der Waals surface area contributed by atoms with Crippen LogP contribution < -0.4 is 5.43 Å². The molecule has 0 bridgehead atoms. The van der Waals surface area contributed by atoms with E-state index in [4.69, 9.17) is 40.5 Å². The average Bonchev–Trinajstić information content (AvgIpc) is 3.09. The van der Waals surface area contributed by atoms with E-state index in [1.165, 1.54) is 11.3 Å². The van der Waals surface area contributed by atoms with Crippen LogP contribution >= 0.6 is 46.8 Å². The quantitative estimate of drug-likeness (QED) is 0.337. The first kappa shape index (κ1) is 22.8. The first-order valence-corrected chi connectivity index (χ1v) is 11.1. The van der Waals surface area contributed by atoms with Gasteiger partial charge < -0.3 is 15.1 Å². The number of thiocarbonyl (C=S) groups is 1. The van der Waals surface area contributed by atoms with Crippen LogP contribution in [0.4, 0.5) is 0 Å². The number of halogens is 2. The summed E-state index contributed by atoms with van der Waals surface area (Å²) in [5.41, 5.74) is 4.82. The lowest BCUT2D eigenvalue weighted by Crippen LogP contribution is -2.51. The summed E-state index contributed by atoms with van der Waals surface area (Å²) in [6, 6.07) is 5.20. The van der Waals surface area contributed by atoms with Crippen LogP contribution in [-0.4, -0.2) is 69.5 Å². The van der Waals surface area contributed by atoms with Crippen LogP contribution in [0.15, 0.2) is 28.7 Å². The van der Waals surface area contributed by atoms with E-state index in [0.717, 1.165) is 5.56 Å². The molecule has 3 N–H and O–H groups in total. The van der Waals surface area contributed by atoms with Crippen LogP contribution in [0, 0.1) is 0 Å². The lowest BCUT2D eigenvalue weighted by Gasteiger charge is -2.34. The maximum absolute atomic E-state index is 10.8. The normalized spacial score (nSPS) is 15.3. The Bertz CT molecular complexity index is 988. The van der Waals surface area contributed by atoms with Crippen molar-refractivity contribution in [2.24, 2.45) is 5.10 Å². The van der Waals surface area contributed by atoms with Gasteiger partial charge in [0.2, 0.25) is 0 Å². The second-order valence-corrected chi connectivity index (χ2v) is 8.81. The SMILES string of the molecule is C/C(=N\NC(=S)N1CCN(CC(=O)O)CC1)c1csc(-c2ccc(Cl)c(Cl)c2)c1O. The molecular weight excluding hydrogens is 467 g/mol. The molecule has 1 aliphatic rings. The molecule has 0 amide bonds. The van der Waals surface area contributed by atoms with Crippen molar-refractivity contribution in [3.63, 3.8) is 0 Å². The third kappa shape index (κ3) is 5.41. The minimum absolute atomic E-state index is 0.0316. The van der Waals surface area contributed by atoms with Crippen molar-refractivity contribution >= 4 is 63.5 Å². The molecule has 160 valence electrons. The van der Waals surface area contributed by atoms with E-state index in [-0.39, 0.29) is 12.3 Å². The summed E-state index contributed by atoms with van der Waals surface area (Å²) >= 11 is 18.8. The summed E-state index contributed by atoms with van der Waals surface area (Å²) in [6.07, 6.45) is 0. The van der Waals surface area contributed by atoms with Crippen LogP contribution in [-0.2, 0) is 4.79 Å². The summed E-state index contributed by atoms with van der Waals surface area (Å²) in [7, 11) is 0. The molecule has 1 aromatic heterocycles. The highest BCUT2D eigenvalue weighted by molar-refractivity contribution is 7.80. The Hall–Kier alpha value is -1.91. The van der Waals surface area contributed by atoms with Crippen molar-refractivity contribution in [3.05, 3.63) is 39.2 Å². The predicted molar refractivity (Wildman–Crippen MR) is 125 cm³/mol. The van der Waals surface area contributed by atoms with Crippen LogP contribution in [0.3, 0.4) is 0 Å². The van der Waals surface area contributed by atoms with E-state index in [0.29, 0.717) is 57.5 Å². The van der Waals surface area contributed by atoms with E-state index in [9.17, 15) is 9.90 Å². The minimum atomic E-state index is -0.833. The number of hydrogen-bond donors (Lipinski definition) is 3. The van der Waals surface area contributed by atoms with Crippen molar-refractivity contribution < 1.29 is 15.0 Å². The lowest BCUT2D eigenvalue weighted by atomic mass is 10.1. The van der Waals surface area contributed by atoms with Gasteiger partial charge in [-0.3, -0.25) is 15.1 Å². The molecular formula is C19H20Cl2N4O3S2. The van der Waals surface area contributed by atoms with E-state index in [1.54, 1.807) is 25.1 Å².